The third-order valence-electron chi connectivity index (χ3n) is 3.14. The van der Waals surface area contributed by atoms with Gasteiger partial charge in [-0.25, -0.2) is 4.79 Å². The fourth-order valence-electron chi connectivity index (χ4n) is 1.75. The maximum Gasteiger partial charge on any atom is 0.315 e. The summed E-state index contributed by atoms with van der Waals surface area (Å²) < 4.78 is 5.58. The van der Waals surface area contributed by atoms with E-state index in [0.29, 0.717) is 0 Å². The van der Waals surface area contributed by atoms with E-state index < -0.39 is 6.04 Å². The Balaban J connectivity index is 2.82. The van der Waals surface area contributed by atoms with Gasteiger partial charge < -0.3 is 15.4 Å². The van der Waals surface area contributed by atoms with E-state index in [1.54, 1.807) is 0 Å². The van der Waals surface area contributed by atoms with Crippen molar-refractivity contribution < 1.29 is 14.3 Å². The molecule has 0 unspecified atom stereocenters. The van der Waals surface area contributed by atoms with E-state index >= 15 is 0 Å². The number of rotatable bonds is 6. The van der Waals surface area contributed by atoms with Crippen LogP contribution >= 0.6 is 15.9 Å². The molecule has 0 fully saturated rings. The van der Waals surface area contributed by atoms with Crippen LogP contribution in [0, 0.1) is 0 Å². The number of hydrogen-bond acceptors (Lipinski definition) is 3. The number of carbonyl (C=O) groups is 2. The standard InChI is InChI=1S/C15H21BrN2O3/c1-4-10(2)17-15(20)18-13(9-14(19)21-3)11-6-5-7-12(16)8-11/h5-8,10,13H,4,9H2,1-3H3,(H2,17,18,20)/t10-,13-/m1/s1. The molecule has 0 bridgehead atoms. The molecule has 116 valence electrons. The van der Waals surface area contributed by atoms with Crippen molar-refractivity contribution >= 4 is 27.9 Å². The van der Waals surface area contributed by atoms with E-state index in [4.69, 9.17) is 4.74 Å². The minimum absolute atomic E-state index is 0.0753. The van der Waals surface area contributed by atoms with Crippen molar-refractivity contribution in [3.05, 3.63) is 34.3 Å². The van der Waals surface area contributed by atoms with E-state index in [0.717, 1.165) is 16.5 Å². The zero-order chi connectivity index (χ0) is 15.8. The van der Waals surface area contributed by atoms with Gasteiger partial charge in [0.25, 0.3) is 0 Å². The van der Waals surface area contributed by atoms with Crippen molar-refractivity contribution in [2.24, 2.45) is 0 Å². The van der Waals surface area contributed by atoms with Gasteiger partial charge in [-0.1, -0.05) is 35.0 Å². The van der Waals surface area contributed by atoms with Gasteiger partial charge in [0, 0.05) is 10.5 Å². The van der Waals surface area contributed by atoms with Gasteiger partial charge in [-0.2, -0.15) is 0 Å². The third kappa shape index (κ3) is 6.16. The molecular formula is C15H21BrN2O3. The minimum Gasteiger partial charge on any atom is -0.469 e. The lowest BCUT2D eigenvalue weighted by molar-refractivity contribution is -0.141. The Morgan fingerprint density at radius 1 is 1.33 bits per heavy atom. The fraction of sp³-hybridized carbons (Fsp3) is 0.467. The van der Waals surface area contributed by atoms with Crippen LogP contribution in [0.5, 0.6) is 0 Å². The van der Waals surface area contributed by atoms with Crippen LogP contribution in [0.15, 0.2) is 28.7 Å². The highest BCUT2D eigenvalue weighted by Crippen LogP contribution is 2.21. The normalized spacial score (nSPS) is 13.1. The predicted molar refractivity (Wildman–Crippen MR) is 84.9 cm³/mol. The van der Waals surface area contributed by atoms with Crippen LogP contribution in [0.2, 0.25) is 0 Å². The van der Waals surface area contributed by atoms with Crippen molar-refractivity contribution in [2.45, 2.75) is 38.8 Å². The molecule has 0 aliphatic rings. The highest BCUT2D eigenvalue weighted by molar-refractivity contribution is 9.10. The van der Waals surface area contributed by atoms with Crippen LogP contribution in [-0.2, 0) is 9.53 Å². The van der Waals surface area contributed by atoms with Gasteiger partial charge in [-0.05, 0) is 31.0 Å². The molecule has 0 spiro atoms. The van der Waals surface area contributed by atoms with Crippen molar-refractivity contribution in [3.63, 3.8) is 0 Å². The van der Waals surface area contributed by atoms with E-state index in [-0.39, 0.29) is 24.5 Å². The van der Waals surface area contributed by atoms with Gasteiger partial charge in [0.05, 0.1) is 19.6 Å². The van der Waals surface area contributed by atoms with Crippen LogP contribution in [0.4, 0.5) is 4.79 Å². The molecule has 0 aromatic heterocycles. The molecular weight excluding hydrogens is 336 g/mol. The first-order valence-electron chi connectivity index (χ1n) is 6.85. The van der Waals surface area contributed by atoms with Crippen LogP contribution in [0.25, 0.3) is 0 Å². The lowest BCUT2D eigenvalue weighted by Crippen LogP contribution is -2.42. The first kappa shape index (κ1) is 17.5. The molecule has 6 heteroatoms. The first-order chi connectivity index (χ1) is 9.96. The summed E-state index contributed by atoms with van der Waals surface area (Å²) in [7, 11) is 1.33. The first-order valence-corrected chi connectivity index (χ1v) is 7.64. The molecule has 0 aliphatic heterocycles. The zero-order valence-corrected chi connectivity index (χ0v) is 14.1. The monoisotopic (exact) mass is 356 g/mol. The molecule has 5 nitrogen and oxygen atoms in total. The smallest absolute Gasteiger partial charge is 0.315 e. The number of amides is 2. The lowest BCUT2D eigenvalue weighted by atomic mass is 10.0. The van der Waals surface area contributed by atoms with E-state index in [1.807, 2.05) is 38.1 Å². The SMILES string of the molecule is CC[C@@H](C)NC(=O)N[C@H](CC(=O)OC)c1cccc(Br)c1. The van der Waals surface area contributed by atoms with Crippen molar-refractivity contribution in [1.82, 2.24) is 10.6 Å². The van der Waals surface area contributed by atoms with Gasteiger partial charge >= 0.3 is 12.0 Å². The molecule has 1 aromatic carbocycles. The molecule has 2 atom stereocenters. The molecule has 0 saturated carbocycles. The topological polar surface area (TPSA) is 67.4 Å². The number of methoxy groups -OCH3 is 1. The summed E-state index contributed by atoms with van der Waals surface area (Å²) in [5, 5.41) is 5.64. The molecule has 1 aromatic rings. The van der Waals surface area contributed by atoms with Gasteiger partial charge in [-0.3, -0.25) is 4.79 Å². The Hall–Kier alpha value is -1.56. The summed E-state index contributed by atoms with van der Waals surface area (Å²) in [6.45, 7) is 3.92. The number of nitrogens with one attached hydrogen (secondary N) is 2. The van der Waals surface area contributed by atoms with Crippen LogP contribution in [0.3, 0.4) is 0 Å². The van der Waals surface area contributed by atoms with Crippen molar-refractivity contribution in [2.75, 3.05) is 7.11 Å². The van der Waals surface area contributed by atoms with E-state index in [9.17, 15) is 9.59 Å². The summed E-state index contributed by atoms with van der Waals surface area (Å²) in [6, 6.07) is 6.83. The number of benzene rings is 1. The average Bonchev–Trinajstić information content (AvgIpc) is 2.46. The number of ether oxygens (including phenoxy) is 1. The van der Waals surface area contributed by atoms with Crippen molar-refractivity contribution in [3.8, 4) is 0 Å². The van der Waals surface area contributed by atoms with Crippen molar-refractivity contribution in [1.29, 1.82) is 0 Å². The Morgan fingerprint density at radius 2 is 2.05 bits per heavy atom. The fourth-order valence-corrected chi connectivity index (χ4v) is 2.17. The highest BCUT2D eigenvalue weighted by Gasteiger charge is 2.19. The van der Waals surface area contributed by atoms with Gasteiger partial charge in [0.15, 0.2) is 0 Å². The lowest BCUT2D eigenvalue weighted by Gasteiger charge is -2.20. The van der Waals surface area contributed by atoms with Gasteiger partial charge in [0.1, 0.15) is 0 Å². The highest BCUT2D eigenvalue weighted by atomic mass is 79.9. The second kappa shape index (κ2) is 8.67. The Morgan fingerprint density at radius 3 is 2.62 bits per heavy atom. The Labute approximate surface area is 133 Å². The predicted octanol–water partition coefficient (Wildman–Crippen LogP) is 3.15. The van der Waals surface area contributed by atoms with Crippen LogP contribution in [0.1, 0.15) is 38.3 Å². The van der Waals surface area contributed by atoms with Gasteiger partial charge in [-0.15, -0.1) is 0 Å². The Bertz CT molecular complexity index is 494. The summed E-state index contributed by atoms with van der Waals surface area (Å²) in [6.07, 6.45) is 0.923. The number of esters is 1. The van der Waals surface area contributed by atoms with E-state index in [2.05, 4.69) is 26.6 Å². The second-order valence-corrected chi connectivity index (χ2v) is 5.73. The van der Waals surface area contributed by atoms with Gasteiger partial charge in [0.2, 0.25) is 0 Å². The molecule has 21 heavy (non-hydrogen) atoms. The quantitative estimate of drug-likeness (QED) is 0.769. The summed E-state index contributed by atoms with van der Waals surface area (Å²) in [5.41, 5.74) is 0.842. The number of urea groups is 1. The molecule has 2 amide bonds. The molecule has 0 aliphatic carbocycles. The molecule has 2 N–H and O–H groups in total. The molecule has 0 radical (unpaired) electrons. The summed E-state index contributed by atoms with van der Waals surface area (Å²) >= 11 is 3.39. The maximum atomic E-state index is 12.0. The number of hydrogen-bond donors (Lipinski definition) is 2. The summed E-state index contributed by atoms with van der Waals surface area (Å²) in [5.74, 6) is -0.371. The minimum atomic E-state index is -0.431. The maximum absolute atomic E-state index is 12.0. The largest absolute Gasteiger partial charge is 0.469 e. The second-order valence-electron chi connectivity index (χ2n) is 4.81. The number of halogens is 1. The average molecular weight is 357 g/mol. The molecule has 0 heterocycles. The Kier molecular flexibility index (Phi) is 7.22. The number of carbonyl (C=O) groups excluding carboxylic acids is 2. The molecule has 1 rings (SSSR count). The third-order valence-corrected chi connectivity index (χ3v) is 3.64. The van der Waals surface area contributed by atoms with Crippen LogP contribution in [-0.4, -0.2) is 25.2 Å². The zero-order valence-electron chi connectivity index (χ0n) is 12.5. The van der Waals surface area contributed by atoms with Crippen LogP contribution < -0.4 is 10.6 Å². The summed E-state index contributed by atoms with van der Waals surface area (Å²) in [4.78, 5) is 23.5. The van der Waals surface area contributed by atoms with E-state index in [1.165, 1.54) is 7.11 Å². The molecule has 0 saturated heterocycles.